The summed E-state index contributed by atoms with van der Waals surface area (Å²) in [7, 11) is 0. The Labute approximate surface area is 146 Å². The van der Waals surface area contributed by atoms with E-state index in [-0.39, 0.29) is 11.9 Å². The minimum absolute atomic E-state index is 0.0608. The molecule has 0 aliphatic heterocycles. The first-order chi connectivity index (χ1) is 11.7. The van der Waals surface area contributed by atoms with E-state index in [0.717, 1.165) is 43.6 Å². The minimum atomic E-state index is -0.0771. The van der Waals surface area contributed by atoms with E-state index in [0.29, 0.717) is 12.2 Å². The van der Waals surface area contributed by atoms with Crippen LogP contribution in [0.4, 0.5) is 0 Å². The quantitative estimate of drug-likeness (QED) is 0.363. The fourth-order valence-electron chi connectivity index (χ4n) is 3.49. The van der Waals surface area contributed by atoms with Gasteiger partial charge in [-0.3, -0.25) is 4.79 Å². The minimum Gasteiger partial charge on any atom is -0.426 e. The summed E-state index contributed by atoms with van der Waals surface area (Å²) in [5.74, 6) is 1.41. The Morgan fingerprint density at radius 3 is 2.50 bits per heavy atom. The number of carbonyl (C=O) groups is 1. The lowest BCUT2D eigenvalue weighted by Crippen LogP contribution is -2.25. The zero-order valence-corrected chi connectivity index (χ0v) is 14.8. The molecular formula is C21H29NO2. The Kier molecular flexibility index (Phi) is 7.82. The molecule has 0 unspecified atom stereocenters. The molecule has 1 fully saturated rings. The van der Waals surface area contributed by atoms with Gasteiger partial charge in [0, 0.05) is 6.42 Å². The second-order valence-corrected chi connectivity index (χ2v) is 6.94. The summed E-state index contributed by atoms with van der Waals surface area (Å²) in [5.41, 5.74) is 1.10. The second-order valence-electron chi connectivity index (χ2n) is 6.94. The summed E-state index contributed by atoms with van der Waals surface area (Å²) in [5, 5.41) is 8.60. The standard InChI is InChI=1S/C21H29NO2/c1-2-3-4-6-17-8-12-19(13-9-17)21(23)24-20-14-10-18(11-15-20)7-5-16-22/h10-11,14-15,17,19H,2-9,12-13H2,1H3. The van der Waals surface area contributed by atoms with Crippen LogP contribution in [-0.4, -0.2) is 5.97 Å². The normalized spacial score (nSPS) is 20.3. The van der Waals surface area contributed by atoms with Gasteiger partial charge in [0.1, 0.15) is 5.75 Å². The number of benzene rings is 1. The maximum Gasteiger partial charge on any atom is 0.314 e. The maximum atomic E-state index is 12.3. The predicted molar refractivity (Wildman–Crippen MR) is 95.6 cm³/mol. The zero-order valence-electron chi connectivity index (χ0n) is 14.8. The molecule has 1 aromatic rings. The van der Waals surface area contributed by atoms with Crippen LogP contribution < -0.4 is 4.74 Å². The molecule has 0 atom stereocenters. The van der Waals surface area contributed by atoms with E-state index in [1.807, 2.05) is 24.3 Å². The first kappa shape index (κ1) is 18.5. The largest absolute Gasteiger partial charge is 0.426 e. The number of nitriles is 1. The van der Waals surface area contributed by atoms with E-state index in [2.05, 4.69) is 13.0 Å². The van der Waals surface area contributed by atoms with E-state index in [1.165, 1.54) is 25.7 Å². The maximum absolute atomic E-state index is 12.3. The first-order valence-corrected chi connectivity index (χ1v) is 9.40. The summed E-state index contributed by atoms with van der Waals surface area (Å²) in [6.45, 7) is 2.24. The number of hydrogen-bond donors (Lipinski definition) is 0. The number of ether oxygens (including phenoxy) is 1. The molecule has 1 aliphatic carbocycles. The summed E-state index contributed by atoms with van der Waals surface area (Å²) in [6, 6.07) is 9.68. The molecule has 130 valence electrons. The van der Waals surface area contributed by atoms with Gasteiger partial charge in [-0.2, -0.15) is 5.26 Å². The molecule has 3 heteroatoms. The van der Waals surface area contributed by atoms with Gasteiger partial charge >= 0.3 is 5.97 Å². The van der Waals surface area contributed by atoms with E-state index < -0.39 is 0 Å². The van der Waals surface area contributed by atoms with Gasteiger partial charge in [-0.1, -0.05) is 44.7 Å². The van der Waals surface area contributed by atoms with Crippen molar-refractivity contribution in [1.29, 1.82) is 5.26 Å². The highest BCUT2D eigenvalue weighted by molar-refractivity contribution is 5.75. The lowest BCUT2D eigenvalue weighted by molar-refractivity contribution is -0.140. The molecule has 1 aliphatic rings. The van der Waals surface area contributed by atoms with Crippen LogP contribution in [-0.2, 0) is 11.2 Å². The Balaban J connectivity index is 1.74. The van der Waals surface area contributed by atoms with Gasteiger partial charge in [-0.05, 0) is 55.7 Å². The van der Waals surface area contributed by atoms with Crippen LogP contribution in [0.15, 0.2) is 24.3 Å². The van der Waals surface area contributed by atoms with Crippen LogP contribution in [0.1, 0.15) is 70.3 Å². The highest BCUT2D eigenvalue weighted by atomic mass is 16.5. The summed E-state index contributed by atoms with van der Waals surface area (Å²) >= 11 is 0. The van der Waals surface area contributed by atoms with Crippen LogP contribution >= 0.6 is 0 Å². The molecule has 3 nitrogen and oxygen atoms in total. The molecule has 0 aromatic heterocycles. The lowest BCUT2D eigenvalue weighted by atomic mass is 9.80. The molecule has 0 bridgehead atoms. The van der Waals surface area contributed by atoms with Crippen LogP contribution in [0.5, 0.6) is 5.75 Å². The van der Waals surface area contributed by atoms with Crippen molar-refractivity contribution in [2.24, 2.45) is 11.8 Å². The molecule has 0 N–H and O–H groups in total. The lowest BCUT2D eigenvalue weighted by Gasteiger charge is -2.27. The number of esters is 1. The summed E-state index contributed by atoms with van der Waals surface area (Å²) in [6.07, 6.45) is 10.8. The van der Waals surface area contributed by atoms with Crippen molar-refractivity contribution in [3.05, 3.63) is 29.8 Å². The van der Waals surface area contributed by atoms with Crippen molar-refractivity contribution < 1.29 is 9.53 Å². The average molecular weight is 327 g/mol. The number of aryl methyl sites for hydroxylation is 1. The molecule has 0 heterocycles. The highest BCUT2D eigenvalue weighted by Crippen LogP contribution is 2.33. The SMILES string of the molecule is CCCCCC1CCC(C(=O)Oc2ccc(CCC#N)cc2)CC1. The Bertz CT molecular complexity index is 536. The van der Waals surface area contributed by atoms with Crippen molar-refractivity contribution in [2.45, 2.75) is 71.1 Å². The fourth-order valence-corrected chi connectivity index (χ4v) is 3.49. The van der Waals surface area contributed by atoms with E-state index >= 15 is 0 Å². The Hall–Kier alpha value is -1.82. The number of nitrogens with zero attached hydrogens (tertiary/aromatic N) is 1. The van der Waals surface area contributed by atoms with Gasteiger partial charge in [0.15, 0.2) is 0 Å². The molecule has 24 heavy (non-hydrogen) atoms. The molecule has 2 rings (SSSR count). The van der Waals surface area contributed by atoms with Crippen molar-refractivity contribution in [2.75, 3.05) is 0 Å². The second kappa shape index (κ2) is 10.1. The fraction of sp³-hybridized carbons (Fsp3) is 0.619. The van der Waals surface area contributed by atoms with Crippen LogP contribution in [0, 0.1) is 23.2 Å². The first-order valence-electron chi connectivity index (χ1n) is 9.40. The average Bonchev–Trinajstić information content (AvgIpc) is 2.62. The van der Waals surface area contributed by atoms with Crippen LogP contribution in [0.3, 0.4) is 0 Å². The van der Waals surface area contributed by atoms with Gasteiger partial charge < -0.3 is 4.74 Å². The molecular weight excluding hydrogens is 298 g/mol. The molecule has 0 amide bonds. The molecule has 0 radical (unpaired) electrons. The molecule has 0 spiro atoms. The third-order valence-corrected chi connectivity index (χ3v) is 5.06. The van der Waals surface area contributed by atoms with Gasteiger partial charge in [0.05, 0.1) is 12.0 Å². The van der Waals surface area contributed by atoms with Crippen LogP contribution in [0.25, 0.3) is 0 Å². The smallest absolute Gasteiger partial charge is 0.314 e. The van der Waals surface area contributed by atoms with Gasteiger partial charge in [-0.15, -0.1) is 0 Å². The highest BCUT2D eigenvalue weighted by Gasteiger charge is 2.27. The summed E-state index contributed by atoms with van der Waals surface area (Å²) < 4.78 is 5.54. The number of rotatable bonds is 8. The van der Waals surface area contributed by atoms with E-state index in [4.69, 9.17) is 10.00 Å². The van der Waals surface area contributed by atoms with Crippen molar-refractivity contribution in [3.8, 4) is 11.8 Å². The van der Waals surface area contributed by atoms with Crippen molar-refractivity contribution in [3.63, 3.8) is 0 Å². The Morgan fingerprint density at radius 1 is 1.17 bits per heavy atom. The molecule has 0 saturated heterocycles. The van der Waals surface area contributed by atoms with Gasteiger partial charge in [-0.25, -0.2) is 0 Å². The van der Waals surface area contributed by atoms with E-state index in [1.54, 1.807) is 0 Å². The third-order valence-electron chi connectivity index (χ3n) is 5.06. The zero-order chi connectivity index (χ0) is 17.2. The number of carbonyl (C=O) groups excluding carboxylic acids is 1. The molecule has 1 saturated carbocycles. The van der Waals surface area contributed by atoms with E-state index in [9.17, 15) is 4.79 Å². The molecule has 1 aromatic carbocycles. The Morgan fingerprint density at radius 2 is 1.88 bits per heavy atom. The van der Waals surface area contributed by atoms with Gasteiger partial charge in [0.2, 0.25) is 0 Å². The third kappa shape index (κ3) is 6.00. The predicted octanol–water partition coefficient (Wildman–Crippen LogP) is 5.43. The monoisotopic (exact) mass is 327 g/mol. The van der Waals surface area contributed by atoms with Crippen molar-refractivity contribution >= 4 is 5.97 Å². The van der Waals surface area contributed by atoms with Crippen molar-refractivity contribution in [1.82, 2.24) is 0 Å². The topological polar surface area (TPSA) is 50.1 Å². The van der Waals surface area contributed by atoms with Gasteiger partial charge in [0.25, 0.3) is 0 Å². The number of hydrogen-bond acceptors (Lipinski definition) is 3. The summed E-state index contributed by atoms with van der Waals surface area (Å²) in [4.78, 5) is 12.3. The van der Waals surface area contributed by atoms with Crippen LogP contribution in [0.2, 0.25) is 0 Å². The number of unbranched alkanes of at least 4 members (excludes halogenated alkanes) is 2.